The normalized spacial score (nSPS) is 32.2. The summed E-state index contributed by atoms with van der Waals surface area (Å²) >= 11 is 0. The molecule has 2 atom stereocenters. The van der Waals surface area contributed by atoms with Crippen molar-refractivity contribution in [3.8, 4) is 0 Å². The molecule has 0 aliphatic carbocycles. The molecule has 0 amide bonds. The molecular formula is C8H14O3. The lowest BCUT2D eigenvalue weighted by molar-refractivity contribution is -0.156. The minimum absolute atomic E-state index is 0.103. The predicted octanol–water partition coefficient (Wildman–Crippen LogP) is 0.914. The molecule has 0 aromatic heterocycles. The molecule has 64 valence electrons. The number of carbonyl (C=O) groups is 1. The van der Waals surface area contributed by atoms with Gasteiger partial charge in [-0.1, -0.05) is 20.8 Å². The van der Waals surface area contributed by atoms with E-state index in [1.54, 1.807) is 0 Å². The molecule has 3 heteroatoms. The van der Waals surface area contributed by atoms with E-state index in [1.165, 1.54) is 0 Å². The number of cyclic esters (lactones) is 1. The number of hydrogen-bond acceptors (Lipinski definition) is 3. The molecule has 1 aliphatic rings. The Morgan fingerprint density at radius 1 is 1.55 bits per heavy atom. The molecule has 1 fully saturated rings. The summed E-state index contributed by atoms with van der Waals surface area (Å²) in [5, 5.41) is 8.99. The van der Waals surface area contributed by atoms with Crippen molar-refractivity contribution in [3.05, 3.63) is 0 Å². The van der Waals surface area contributed by atoms with Gasteiger partial charge in [0.15, 0.2) is 0 Å². The Bertz CT molecular complexity index is 169. The van der Waals surface area contributed by atoms with Crippen molar-refractivity contribution in [2.24, 2.45) is 11.3 Å². The molecule has 1 N–H and O–H groups in total. The fourth-order valence-corrected chi connectivity index (χ4v) is 1.27. The van der Waals surface area contributed by atoms with Gasteiger partial charge >= 0.3 is 5.97 Å². The number of aliphatic hydroxyl groups excluding tert-OH is 1. The zero-order valence-electron chi connectivity index (χ0n) is 7.13. The molecular weight excluding hydrogens is 144 g/mol. The molecule has 1 unspecified atom stereocenters. The lowest BCUT2D eigenvalue weighted by Crippen LogP contribution is -2.24. The van der Waals surface area contributed by atoms with Gasteiger partial charge in [-0.2, -0.15) is 0 Å². The van der Waals surface area contributed by atoms with E-state index in [0.29, 0.717) is 6.42 Å². The highest BCUT2D eigenvalue weighted by atomic mass is 16.6. The third-order valence-corrected chi connectivity index (χ3v) is 2.02. The zero-order valence-corrected chi connectivity index (χ0v) is 7.13. The zero-order chi connectivity index (χ0) is 8.65. The lowest BCUT2D eigenvalue weighted by atomic mass is 9.80. The van der Waals surface area contributed by atoms with Crippen LogP contribution in [0.3, 0.4) is 0 Å². The summed E-state index contributed by atoms with van der Waals surface area (Å²) in [5.74, 6) is -0.428. The fourth-order valence-electron chi connectivity index (χ4n) is 1.27. The van der Waals surface area contributed by atoms with Crippen molar-refractivity contribution in [3.63, 3.8) is 0 Å². The van der Waals surface area contributed by atoms with Gasteiger partial charge < -0.3 is 9.84 Å². The van der Waals surface area contributed by atoms with Crippen molar-refractivity contribution in [1.29, 1.82) is 0 Å². The van der Waals surface area contributed by atoms with Gasteiger partial charge in [-0.05, 0) is 5.41 Å². The van der Waals surface area contributed by atoms with E-state index in [0.717, 1.165) is 0 Å². The highest BCUT2D eigenvalue weighted by Crippen LogP contribution is 2.35. The van der Waals surface area contributed by atoms with E-state index in [1.807, 2.05) is 20.8 Å². The molecule has 1 rings (SSSR count). The van der Waals surface area contributed by atoms with Crippen LogP contribution in [0.25, 0.3) is 0 Å². The Morgan fingerprint density at radius 3 is 2.27 bits per heavy atom. The van der Waals surface area contributed by atoms with Crippen molar-refractivity contribution < 1.29 is 14.6 Å². The van der Waals surface area contributed by atoms with E-state index >= 15 is 0 Å². The van der Waals surface area contributed by atoms with Crippen LogP contribution in [-0.4, -0.2) is 17.4 Å². The smallest absolute Gasteiger partial charge is 0.312 e. The molecule has 0 bridgehead atoms. The average Bonchev–Trinajstić information content (AvgIpc) is 2.08. The van der Waals surface area contributed by atoms with Gasteiger partial charge in [0, 0.05) is 6.42 Å². The Hall–Kier alpha value is -0.570. The standard InChI is InChI=1S/C8H14O3/c1-8(2,3)5-4-6(9)11-7(5)10/h5-6,9H,4H2,1-3H3/t5-,6?/m1/s1. The van der Waals surface area contributed by atoms with Crippen LogP contribution in [-0.2, 0) is 9.53 Å². The van der Waals surface area contributed by atoms with E-state index in [2.05, 4.69) is 4.74 Å². The van der Waals surface area contributed by atoms with Crippen molar-refractivity contribution in [1.82, 2.24) is 0 Å². The van der Waals surface area contributed by atoms with Crippen LogP contribution in [0.4, 0.5) is 0 Å². The van der Waals surface area contributed by atoms with Gasteiger partial charge in [0.25, 0.3) is 0 Å². The van der Waals surface area contributed by atoms with Gasteiger partial charge in [-0.25, -0.2) is 0 Å². The van der Waals surface area contributed by atoms with Crippen LogP contribution in [0, 0.1) is 11.3 Å². The minimum atomic E-state index is -0.883. The van der Waals surface area contributed by atoms with Gasteiger partial charge in [0.05, 0.1) is 5.92 Å². The summed E-state index contributed by atoms with van der Waals surface area (Å²) < 4.78 is 4.62. The summed E-state index contributed by atoms with van der Waals surface area (Å²) in [6.07, 6.45) is -0.450. The Morgan fingerprint density at radius 2 is 2.09 bits per heavy atom. The maximum Gasteiger partial charge on any atom is 0.312 e. The summed E-state index contributed by atoms with van der Waals surface area (Å²) in [5.41, 5.74) is -0.103. The van der Waals surface area contributed by atoms with E-state index < -0.39 is 6.29 Å². The quantitative estimate of drug-likeness (QED) is 0.533. The topological polar surface area (TPSA) is 46.5 Å². The SMILES string of the molecule is CC(C)(C)[C@@H]1CC(O)OC1=O. The van der Waals surface area contributed by atoms with Gasteiger partial charge in [0.2, 0.25) is 6.29 Å². The summed E-state index contributed by atoms with van der Waals surface area (Å²) in [7, 11) is 0. The molecule has 0 spiro atoms. The van der Waals surface area contributed by atoms with Crippen LogP contribution in [0.2, 0.25) is 0 Å². The summed E-state index contributed by atoms with van der Waals surface area (Å²) in [6, 6.07) is 0. The lowest BCUT2D eigenvalue weighted by Gasteiger charge is -2.22. The van der Waals surface area contributed by atoms with E-state index in [9.17, 15) is 4.79 Å². The van der Waals surface area contributed by atoms with Crippen LogP contribution in [0.1, 0.15) is 27.2 Å². The first-order chi connectivity index (χ1) is 4.91. The third-order valence-electron chi connectivity index (χ3n) is 2.02. The maximum atomic E-state index is 11.0. The number of rotatable bonds is 0. The fraction of sp³-hybridized carbons (Fsp3) is 0.875. The molecule has 0 aromatic rings. The van der Waals surface area contributed by atoms with Crippen molar-refractivity contribution in [2.75, 3.05) is 0 Å². The molecule has 1 aliphatic heterocycles. The number of ether oxygens (including phenoxy) is 1. The molecule has 0 radical (unpaired) electrons. The number of esters is 1. The van der Waals surface area contributed by atoms with E-state index in [-0.39, 0.29) is 17.3 Å². The molecule has 0 saturated carbocycles. The molecule has 3 nitrogen and oxygen atoms in total. The maximum absolute atomic E-state index is 11.0. The van der Waals surface area contributed by atoms with Crippen molar-refractivity contribution >= 4 is 5.97 Å². The largest absolute Gasteiger partial charge is 0.436 e. The van der Waals surface area contributed by atoms with Crippen LogP contribution in [0.5, 0.6) is 0 Å². The highest BCUT2D eigenvalue weighted by molar-refractivity contribution is 5.75. The Labute approximate surface area is 66.4 Å². The Balaban J connectivity index is 2.68. The second-order valence-corrected chi connectivity index (χ2v) is 4.05. The van der Waals surface area contributed by atoms with Crippen LogP contribution in [0.15, 0.2) is 0 Å². The Kier molecular flexibility index (Phi) is 1.92. The van der Waals surface area contributed by atoms with Crippen LogP contribution < -0.4 is 0 Å². The first-order valence-corrected chi connectivity index (χ1v) is 3.80. The predicted molar refractivity (Wildman–Crippen MR) is 39.7 cm³/mol. The minimum Gasteiger partial charge on any atom is -0.436 e. The molecule has 11 heavy (non-hydrogen) atoms. The number of hydrogen-bond donors (Lipinski definition) is 1. The first kappa shape index (κ1) is 8.53. The molecule has 1 saturated heterocycles. The van der Waals surface area contributed by atoms with E-state index in [4.69, 9.17) is 5.11 Å². The third kappa shape index (κ3) is 1.71. The average molecular weight is 158 g/mol. The first-order valence-electron chi connectivity index (χ1n) is 3.80. The van der Waals surface area contributed by atoms with Gasteiger partial charge in [0.1, 0.15) is 0 Å². The molecule has 0 aromatic carbocycles. The van der Waals surface area contributed by atoms with Crippen LogP contribution >= 0.6 is 0 Å². The van der Waals surface area contributed by atoms with Gasteiger partial charge in [-0.3, -0.25) is 4.79 Å². The summed E-state index contributed by atoms with van der Waals surface area (Å²) in [6.45, 7) is 5.91. The second kappa shape index (κ2) is 2.48. The van der Waals surface area contributed by atoms with Gasteiger partial charge in [-0.15, -0.1) is 0 Å². The highest BCUT2D eigenvalue weighted by Gasteiger charge is 2.40. The molecule has 1 heterocycles. The second-order valence-electron chi connectivity index (χ2n) is 4.05. The number of carbonyl (C=O) groups excluding carboxylic acids is 1. The van der Waals surface area contributed by atoms with Crippen molar-refractivity contribution in [2.45, 2.75) is 33.5 Å². The monoisotopic (exact) mass is 158 g/mol. The summed E-state index contributed by atoms with van der Waals surface area (Å²) in [4.78, 5) is 11.0. The number of aliphatic hydroxyl groups is 1.